The van der Waals surface area contributed by atoms with Crippen LogP contribution in [0.4, 0.5) is 13.2 Å². The van der Waals surface area contributed by atoms with Crippen LogP contribution in [0.5, 0.6) is 5.75 Å². The Morgan fingerprint density at radius 2 is 1.89 bits per heavy atom. The molecule has 0 heterocycles. The molecule has 1 amide bonds. The number of rotatable bonds is 7. The number of ether oxygens (including phenoxy) is 1. The minimum atomic E-state index is -4.45. The second kappa shape index (κ2) is 9.07. The second-order valence-corrected chi connectivity index (χ2v) is 5.41. The average Bonchev–Trinajstić information content (AvgIpc) is 2.66. The van der Waals surface area contributed by atoms with E-state index >= 15 is 0 Å². The largest absolute Gasteiger partial charge is 0.489 e. The van der Waals surface area contributed by atoms with Crippen molar-refractivity contribution in [2.24, 2.45) is 5.16 Å². The van der Waals surface area contributed by atoms with E-state index in [4.69, 9.17) is 9.57 Å². The van der Waals surface area contributed by atoms with E-state index < -0.39 is 17.6 Å². The molecule has 2 aromatic carbocycles. The van der Waals surface area contributed by atoms with E-state index in [1.807, 2.05) is 0 Å². The maximum absolute atomic E-state index is 12.8. The number of benzene rings is 2. The number of carbonyl (C=O) groups is 1. The van der Waals surface area contributed by atoms with Gasteiger partial charge < -0.3 is 14.9 Å². The van der Waals surface area contributed by atoms with Crippen LogP contribution >= 0.6 is 0 Å². The molecule has 8 heteroatoms. The molecule has 0 aromatic heterocycles. The molecule has 144 valence electrons. The van der Waals surface area contributed by atoms with Crippen molar-refractivity contribution in [1.82, 2.24) is 5.32 Å². The molecule has 5 nitrogen and oxygen atoms in total. The summed E-state index contributed by atoms with van der Waals surface area (Å²) in [5.74, 6) is -0.377. The van der Waals surface area contributed by atoms with Gasteiger partial charge in [0, 0.05) is 12.6 Å². The molecule has 2 aromatic rings. The Bertz CT molecular complexity index is 820. The van der Waals surface area contributed by atoms with Crippen molar-refractivity contribution in [1.29, 1.82) is 0 Å². The molecule has 0 unspecified atom stereocenters. The summed E-state index contributed by atoms with van der Waals surface area (Å²) >= 11 is 0. The molecule has 0 fully saturated rings. The summed E-state index contributed by atoms with van der Waals surface area (Å²) in [5.41, 5.74) is 0.314. The lowest BCUT2D eigenvalue weighted by molar-refractivity contribution is -0.137. The van der Waals surface area contributed by atoms with Gasteiger partial charge >= 0.3 is 6.18 Å². The van der Waals surface area contributed by atoms with E-state index in [9.17, 15) is 18.0 Å². The van der Waals surface area contributed by atoms with Gasteiger partial charge in [-0.05, 0) is 30.7 Å². The highest BCUT2D eigenvalue weighted by atomic mass is 19.4. The van der Waals surface area contributed by atoms with Crippen LogP contribution in [-0.4, -0.2) is 25.3 Å². The first-order valence-electron chi connectivity index (χ1n) is 8.17. The van der Waals surface area contributed by atoms with E-state index in [0.717, 1.165) is 12.1 Å². The summed E-state index contributed by atoms with van der Waals surface area (Å²) in [4.78, 5) is 17.1. The van der Waals surface area contributed by atoms with Gasteiger partial charge in [0.25, 0.3) is 5.91 Å². The van der Waals surface area contributed by atoms with Crippen molar-refractivity contribution < 1.29 is 27.5 Å². The molecule has 0 bridgehead atoms. The van der Waals surface area contributed by atoms with Gasteiger partial charge in [-0.15, -0.1) is 0 Å². The van der Waals surface area contributed by atoms with Crippen LogP contribution in [0.25, 0.3) is 0 Å². The summed E-state index contributed by atoms with van der Waals surface area (Å²) in [7, 11) is 1.46. The first-order chi connectivity index (χ1) is 12.9. The van der Waals surface area contributed by atoms with Crippen molar-refractivity contribution in [2.75, 3.05) is 13.7 Å². The normalized spacial score (nSPS) is 11.8. The minimum absolute atomic E-state index is 0.0420. The summed E-state index contributed by atoms with van der Waals surface area (Å²) < 4.78 is 44.0. The lowest BCUT2D eigenvalue weighted by Crippen LogP contribution is -2.29. The number of carbonyl (C=O) groups excluding carboxylic acids is 1. The monoisotopic (exact) mass is 380 g/mol. The zero-order valence-electron chi connectivity index (χ0n) is 14.8. The number of oxime groups is 1. The van der Waals surface area contributed by atoms with Gasteiger partial charge in [0.15, 0.2) is 5.71 Å². The van der Waals surface area contributed by atoms with Gasteiger partial charge in [0.05, 0.1) is 5.56 Å². The third-order valence-electron chi connectivity index (χ3n) is 3.56. The zero-order chi connectivity index (χ0) is 19.9. The molecule has 0 atom stereocenters. The van der Waals surface area contributed by atoms with Crippen molar-refractivity contribution in [3.8, 4) is 5.75 Å². The molecular formula is C19H19F3N2O3. The Labute approximate surface area is 154 Å². The SMILES string of the molecule is CCON=C(C(=O)NC)c1ccccc1COc1cccc(C(F)(F)F)c1. The molecule has 1 N–H and O–H groups in total. The fourth-order valence-corrected chi connectivity index (χ4v) is 2.26. The first-order valence-corrected chi connectivity index (χ1v) is 8.17. The summed E-state index contributed by atoms with van der Waals surface area (Å²) in [6.45, 7) is 1.97. The first kappa shape index (κ1) is 20.3. The summed E-state index contributed by atoms with van der Waals surface area (Å²) in [6, 6.07) is 11.4. The van der Waals surface area contributed by atoms with Gasteiger partial charge in [-0.1, -0.05) is 35.5 Å². The molecule has 0 aliphatic rings. The van der Waals surface area contributed by atoms with E-state index in [2.05, 4.69) is 10.5 Å². The van der Waals surface area contributed by atoms with Gasteiger partial charge in [0.2, 0.25) is 0 Å². The van der Waals surface area contributed by atoms with Crippen LogP contribution in [0.1, 0.15) is 23.6 Å². The van der Waals surface area contributed by atoms with Crippen molar-refractivity contribution in [3.05, 3.63) is 65.2 Å². The van der Waals surface area contributed by atoms with Crippen molar-refractivity contribution in [2.45, 2.75) is 19.7 Å². The lowest BCUT2D eigenvalue weighted by Gasteiger charge is -2.13. The predicted octanol–water partition coefficient (Wildman–Crippen LogP) is 3.77. The fourth-order valence-electron chi connectivity index (χ4n) is 2.26. The molecule has 0 aliphatic heterocycles. The number of hydrogen-bond donors (Lipinski definition) is 1. The number of amides is 1. The number of hydrogen-bond acceptors (Lipinski definition) is 4. The van der Waals surface area contributed by atoms with Crippen LogP contribution in [0.3, 0.4) is 0 Å². The molecule has 2 rings (SSSR count). The van der Waals surface area contributed by atoms with E-state index in [-0.39, 0.29) is 24.7 Å². The molecule has 0 spiro atoms. The van der Waals surface area contributed by atoms with Crippen LogP contribution < -0.4 is 10.1 Å². The summed E-state index contributed by atoms with van der Waals surface area (Å²) in [6.07, 6.45) is -4.45. The molecular weight excluding hydrogens is 361 g/mol. The van der Waals surface area contributed by atoms with Gasteiger partial charge in [-0.2, -0.15) is 13.2 Å². The smallest absolute Gasteiger partial charge is 0.416 e. The topological polar surface area (TPSA) is 59.9 Å². The third kappa shape index (κ3) is 5.47. The fraction of sp³-hybridized carbons (Fsp3) is 0.263. The number of nitrogens with one attached hydrogen (secondary N) is 1. The minimum Gasteiger partial charge on any atom is -0.489 e. The highest BCUT2D eigenvalue weighted by Crippen LogP contribution is 2.31. The number of nitrogens with zero attached hydrogens (tertiary/aromatic N) is 1. The molecule has 0 aliphatic carbocycles. The molecule has 0 radical (unpaired) electrons. The number of halogens is 3. The van der Waals surface area contributed by atoms with E-state index in [0.29, 0.717) is 11.1 Å². The Kier molecular flexibility index (Phi) is 6.81. The van der Waals surface area contributed by atoms with Crippen LogP contribution in [0.15, 0.2) is 53.7 Å². The van der Waals surface area contributed by atoms with Crippen LogP contribution in [0.2, 0.25) is 0 Å². The molecule has 0 saturated carbocycles. The van der Waals surface area contributed by atoms with Crippen molar-refractivity contribution >= 4 is 11.6 Å². The highest BCUT2D eigenvalue weighted by molar-refractivity contribution is 6.45. The van der Waals surface area contributed by atoms with E-state index in [1.165, 1.54) is 19.2 Å². The zero-order valence-corrected chi connectivity index (χ0v) is 14.8. The molecule has 27 heavy (non-hydrogen) atoms. The summed E-state index contributed by atoms with van der Waals surface area (Å²) in [5, 5.41) is 6.33. The lowest BCUT2D eigenvalue weighted by atomic mass is 10.0. The Morgan fingerprint density at radius 1 is 1.15 bits per heavy atom. The standard InChI is InChI=1S/C19H19F3N2O3/c1-3-27-24-17(18(25)23-2)16-10-5-4-7-13(16)12-26-15-9-6-8-14(11-15)19(20,21)22/h4-11H,3,12H2,1-2H3,(H,23,25). The van der Waals surface area contributed by atoms with Crippen LogP contribution in [0, 0.1) is 0 Å². The Hall–Kier alpha value is -3.03. The Balaban J connectivity index is 2.27. The van der Waals surface area contributed by atoms with Crippen LogP contribution in [-0.2, 0) is 22.4 Å². The quantitative estimate of drug-likeness (QED) is 0.588. The Morgan fingerprint density at radius 3 is 2.56 bits per heavy atom. The predicted molar refractivity (Wildman–Crippen MR) is 94.4 cm³/mol. The maximum atomic E-state index is 12.8. The van der Waals surface area contributed by atoms with Gasteiger partial charge in [-0.3, -0.25) is 4.79 Å². The second-order valence-electron chi connectivity index (χ2n) is 5.41. The van der Waals surface area contributed by atoms with Gasteiger partial charge in [0.1, 0.15) is 19.0 Å². The van der Waals surface area contributed by atoms with Gasteiger partial charge in [-0.25, -0.2) is 0 Å². The number of likely N-dealkylation sites (N-methyl/N-ethyl adjacent to an activating group) is 1. The average molecular weight is 380 g/mol. The van der Waals surface area contributed by atoms with E-state index in [1.54, 1.807) is 31.2 Å². The van der Waals surface area contributed by atoms with Crippen molar-refractivity contribution in [3.63, 3.8) is 0 Å². The number of alkyl halides is 3. The third-order valence-corrected chi connectivity index (χ3v) is 3.56. The highest BCUT2D eigenvalue weighted by Gasteiger charge is 2.30. The maximum Gasteiger partial charge on any atom is 0.416 e. The molecule has 0 saturated heterocycles.